The number of hydrogen-bond acceptors (Lipinski definition) is 5. The molecule has 0 aromatic rings. The number of rotatable bonds is 3. The van der Waals surface area contributed by atoms with Crippen LogP contribution in [0.2, 0.25) is 0 Å². The average molecular weight is 364 g/mol. The summed E-state index contributed by atoms with van der Waals surface area (Å²) in [5.41, 5.74) is -0.222. The number of alkyl halides is 4. The minimum atomic E-state index is -2.75. The Labute approximate surface area is 142 Å². The van der Waals surface area contributed by atoms with Crippen molar-refractivity contribution in [2.45, 2.75) is 43.3 Å². The lowest BCUT2D eigenvalue weighted by atomic mass is 10.0. The number of nitrogens with one attached hydrogen (secondary N) is 1. The number of hydrogen-bond donors (Lipinski definition) is 2. The highest BCUT2D eigenvalue weighted by molar-refractivity contribution is 5.90. The summed E-state index contributed by atoms with van der Waals surface area (Å²) in [5.74, 6) is -7.89. The molecular formula is C15H20F4N4O2. The van der Waals surface area contributed by atoms with Crippen LogP contribution in [0.1, 0.15) is 25.7 Å². The van der Waals surface area contributed by atoms with Gasteiger partial charge in [-0.05, 0) is 0 Å². The maximum absolute atomic E-state index is 13.5. The molecule has 3 heterocycles. The summed E-state index contributed by atoms with van der Waals surface area (Å²) in [6, 6.07) is 0. The summed E-state index contributed by atoms with van der Waals surface area (Å²) in [7, 11) is 0. The third-order valence-electron chi connectivity index (χ3n) is 4.98. The van der Waals surface area contributed by atoms with Gasteiger partial charge in [-0.2, -0.15) is 0 Å². The second kappa shape index (κ2) is 6.24. The minimum absolute atomic E-state index is 0.0508. The quantitative estimate of drug-likeness (QED) is 0.747. The Morgan fingerprint density at radius 2 is 1.44 bits per heavy atom. The summed E-state index contributed by atoms with van der Waals surface area (Å²) >= 11 is 0. The largest absolute Gasteiger partial charge is 0.476 e. The maximum atomic E-state index is 13.5. The van der Waals surface area contributed by atoms with Crippen molar-refractivity contribution in [3.63, 3.8) is 0 Å². The van der Waals surface area contributed by atoms with Crippen LogP contribution in [0.25, 0.3) is 0 Å². The summed E-state index contributed by atoms with van der Waals surface area (Å²) in [6.45, 7) is 0.203. The number of carbonyl (C=O) groups is 1. The Morgan fingerprint density at radius 3 is 1.76 bits per heavy atom. The first-order chi connectivity index (χ1) is 11.6. The molecule has 3 rings (SSSR count). The third kappa shape index (κ3) is 3.64. The molecule has 0 aliphatic carbocycles. The van der Waals surface area contributed by atoms with E-state index in [1.807, 2.05) is 0 Å². The number of nitrogens with zero attached hydrogens (tertiary/aromatic N) is 3. The predicted octanol–water partition coefficient (Wildman–Crippen LogP) is 1.70. The highest BCUT2D eigenvalue weighted by Gasteiger charge is 2.49. The molecule has 3 aliphatic heterocycles. The zero-order valence-electron chi connectivity index (χ0n) is 13.5. The summed E-state index contributed by atoms with van der Waals surface area (Å²) in [5, 5.41) is 11.9. The van der Waals surface area contributed by atoms with E-state index in [0.717, 1.165) is 0 Å². The molecule has 0 amide bonds. The van der Waals surface area contributed by atoms with Crippen molar-refractivity contribution in [1.29, 1.82) is 0 Å². The monoisotopic (exact) mass is 364 g/mol. The van der Waals surface area contributed by atoms with Crippen molar-refractivity contribution in [3.05, 3.63) is 11.9 Å². The van der Waals surface area contributed by atoms with E-state index >= 15 is 0 Å². The van der Waals surface area contributed by atoms with E-state index in [2.05, 4.69) is 10.3 Å². The highest BCUT2D eigenvalue weighted by atomic mass is 19.3. The number of carboxylic acids is 1. The summed E-state index contributed by atoms with van der Waals surface area (Å²) in [4.78, 5) is 18.4. The van der Waals surface area contributed by atoms with Crippen molar-refractivity contribution < 1.29 is 27.5 Å². The number of piperidine rings is 2. The van der Waals surface area contributed by atoms with Crippen LogP contribution in [0, 0.1) is 0 Å². The number of aliphatic imine (C=N–C) groups is 1. The lowest BCUT2D eigenvalue weighted by Crippen LogP contribution is -2.72. The van der Waals surface area contributed by atoms with Crippen molar-refractivity contribution in [2.75, 3.05) is 26.2 Å². The number of aliphatic carboxylic acids is 1. The molecular weight excluding hydrogens is 344 g/mol. The van der Waals surface area contributed by atoms with Crippen LogP contribution in [-0.4, -0.2) is 70.9 Å². The Balaban J connectivity index is 1.83. The van der Waals surface area contributed by atoms with Gasteiger partial charge < -0.3 is 10.4 Å². The molecule has 2 N–H and O–H groups in total. The second-order valence-corrected chi connectivity index (χ2v) is 6.65. The SMILES string of the molecule is O=C(O)C1=CNC(N2CCC(F)(F)CC2)(N2CCC(F)(F)CC2)C=N1. The fourth-order valence-electron chi connectivity index (χ4n) is 3.42. The number of carboxylic acid groups (broad SMARTS) is 1. The first-order valence-corrected chi connectivity index (χ1v) is 8.16. The molecule has 2 fully saturated rings. The molecule has 0 bridgehead atoms. The molecule has 0 aromatic carbocycles. The molecule has 0 atom stereocenters. The van der Waals surface area contributed by atoms with Crippen LogP contribution in [0.5, 0.6) is 0 Å². The molecule has 0 spiro atoms. The van der Waals surface area contributed by atoms with Gasteiger partial charge in [-0.15, -0.1) is 0 Å². The Kier molecular flexibility index (Phi) is 4.52. The van der Waals surface area contributed by atoms with Gasteiger partial charge in [0.2, 0.25) is 0 Å². The van der Waals surface area contributed by atoms with Gasteiger partial charge in [0, 0.05) is 58.1 Å². The maximum Gasteiger partial charge on any atom is 0.355 e. The van der Waals surface area contributed by atoms with Crippen molar-refractivity contribution in [2.24, 2.45) is 4.99 Å². The predicted molar refractivity (Wildman–Crippen MR) is 81.6 cm³/mol. The molecule has 0 aromatic heterocycles. The third-order valence-corrected chi connectivity index (χ3v) is 4.98. The smallest absolute Gasteiger partial charge is 0.355 e. The fourth-order valence-corrected chi connectivity index (χ4v) is 3.42. The molecule has 0 radical (unpaired) electrons. The van der Waals surface area contributed by atoms with Gasteiger partial charge in [-0.1, -0.05) is 0 Å². The Bertz CT molecular complexity index is 560. The van der Waals surface area contributed by atoms with Gasteiger partial charge in [0.15, 0.2) is 11.5 Å². The molecule has 0 unspecified atom stereocenters. The molecule has 25 heavy (non-hydrogen) atoms. The lowest BCUT2D eigenvalue weighted by Gasteiger charge is -2.53. The van der Waals surface area contributed by atoms with E-state index in [-0.39, 0.29) is 57.6 Å². The van der Waals surface area contributed by atoms with Gasteiger partial charge in [0.05, 0.1) is 6.21 Å². The summed E-state index contributed by atoms with van der Waals surface area (Å²) in [6.07, 6.45) is 1.16. The zero-order valence-corrected chi connectivity index (χ0v) is 13.5. The highest BCUT2D eigenvalue weighted by Crippen LogP contribution is 2.35. The summed E-state index contributed by atoms with van der Waals surface area (Å²) < 4.78 is 54.0. The van der Waals surface area contributed by atoms with E-state index < -0.39 is 23.6 Å². The molecule has 10 heteroatoms. The number of likely N-dealkylation sites (tertiary alicyclic amines) is 2. The van der Waals surface area contributed by atoms with E-state index in [9.17, 15) is 22.4 Å². The van der Waals surface area contributed by atoms with Gasteiger partial charge in [0.25, 0.3) is 11.8 Å². The number of halogens is 4. The topological polar surface area (TPSA) is 68.2 Å². The second-order valence-electron chi connectivity index (χ2n) is 6.65. The normalized spacial score (nSPS) is 28.9. The molecule has 0 saturated carbocycles. The van der Waals surface area contributed by atoms with Crippen LogP contribution in [0.3, 0.4) is 0 Å². The molecule has 140 valence electrons. The van der Waals surface area contributed by atoms with Crippen LogP contribution in [0.15, 0.2) is 16.9 Å². The van der Waals surface area contributed by atoms with Crippen LogP contribution in [-0.2, 0) is 4.79 Å². The first kappa shape index (κ1) is 18.1. The van der Waals surface area contributed by atoms with Gasteiger partial charge in [-0.3, -0.25) is 9.80 Å². The molecule has 3 aliphatic rings. The van der Waals surface area contributed by atoms with E-state index in [0.29, 0.717) is 0 Å². The van der Waals surface area contributed by atoms with Crippen molar-refractivity contribution >= 4 is 12.2 Å². The molecule has 2 saturated heterocycles. The van der Waals surface area contributed by atoms with Crippen LogP contribution in [0.4, 0.5) is 17.6 Å². The van der Waals surface area contributed by atoms with Crippen LogP contribution < -0.4 is 5.32 Å². The zero-order chi connectivity index (χ0) is 18.3. The van der Waals surface area contributed by atoms with Gasteiger partial charge >= 0.3 is 5.97 Å². The Hall–Kier alpha value is -1.68. The standard InChI is InChI=1S/C15H20F4N4O2/c16-13(17)1-5-22(6-2-13)15(10-20-11(9-21-15)12(24)25)23-7-3-14(18,19)4-8-23/h9-10,21H,1-8H2,(H,24,25). The first-order valence-electron chi connectivity index (χ1n) is 8.16. The van der Waals surface area contributed by atoms with Gasteiger partial charge in [-0.25, -0.2) is 27.3 Å². The molecule has 6 nitrogen and oxygen atoms in total. The van der Waals surface area contributed by atoms with E-state index in [1.165, 1.54) is 12.4 Å². The lowest BCUT2D eigenvalue weighted by molar-refractivity contribution is -0.133. The minimum Gasteiger partial charge on any atom is -0.476 e. The van der Waals surface area contributed by atoms with E-state index in [1.54, 1.807) is 9.80 Å². The van der Waals surface area contributed by atoms with Crippen molar-refractivity contribution in [3.8, 4) is 0 Å². The fraction of sp³-hybridized carbons (Fsp3) is 0.733. The average Bonchev–Trinajstić information content (AvgIpc) is 2.54. The van der Waals surface area contributed by atoms with Crippen molar-refractivity contribution in [1.82, 2.24) is 15.1 Å². The van der Waals surface area contributed by atoms with E-state index in [4.69, 9.17) is 5.11 Å². The van der Waals surface area contributed by atoms with Gasteiger partial charge in [0.1, 0.15) is 0 Å². The Morgan fingerprint density at radius 1 is 1.00 bits per heavy atom. The van der Waals surface area contributed by atoms with Crippen LogP contribution >= 0.6 is 0 Å².